The Morgan fingerprint density at radius 3 is 2.39 bits per heavy atom. The van der Waals surface area contributed by atoms with Crippen molar-refractivity contribution in [3.63, 3.8) is 0 Å². The molecule has 0 bridgehead atoms. The maximum atomic E-state index is 13.3. The number of carbonyl (C=O) groups is 1. The summed E-state index contributed by atoms with van der Waals surface area (Å²) in [4.78, 5) is 13.6. The molecule has 4 nitrogen and oxygen atoms in total. The van der Waals surface area contributed by atoms with Gasteiger partial charge in [0.05, 0.1) is 5.60 Å². The SMILES string of the molecule is CC(C)(C)OC(=O)N1CCC(O)(Cc2ccc(F)c(F)c2)CC1. The zero-order chi connectivity index (χ0) is 17.3. The van der Waals surface area contributed by atoms with Crippen LogP contribution in [0.2, 0.25) is 0 Å². The third-order valence-corrected chi connectivity index (χ3v) is 3.86. The van der Waals surface area contributed by atoms with Crippen molar-refractivity contribution in [2.45, 2.75) is 51.2 Å². The molecule has 1 aromatic rings. The van der Waals surface area contributed by atoms with Gasteiger partial charge in [0.25, 0.3) is 0 Å². The van der Waals surface area contributed by atoms with Gasteiger partial charge in [-0.15, -0.1) is 0 Å². The Hall–Kier alpha value is -1.69. The Labute approximate surface area is 135 Å². The fourth-order valence-corrected chi connectivity index (χ4v) is 2.64. The molecule has 6 heteroatoms. The van der Waals surface area contributed by atoms with Crippen LogP contribution < -0.4 is 0 Å². The van der Waals surface area contributed by atoms with Gasteiger partial charge >= 0.3 is 6.09 Å². The van der Waals surface area contributed by atoms with Crippen molar-refractivity contribution in [1.29, 1.82) is 0 Å². The Balaban J connectivity index is 1.94. The lowest BCUT2D eigenvalue weighted by atomic mass is 9.85. The minimum Gasteiger partial charge on any atom is -0.444 e. The molecule has 1 aliphatic rings. The van der Waals surface area contributed by atoms with Crippen molar-refractivity contribution in [3.8, 4) is 0 Å². The van der Waals surface area contributed by atoms with E-state index in [-0.39, 0.29) is 6.42 Å². The van der Waals surface area contributed by atoms with E-state index in [1.807, 2.05) is 0 Å². The Kier molecular flexibility index (Phi) is 4.94. The Morgan fingerprint density at radius 2 is 1.87 bits per heavy atom. The molecular weight excluding hydrogens is 304 g/mol. The monoisotopic (exact) mass is 327 g/mol. The van der Waals surface area contributed by atoms with Gasteiger partial charge in [-0.2, -0.15) is 0 Å². The first kappa shape index (κ1) is 17.7. The van der Waals surface area contributed by atoms with Crippen LogP contribution in [0.5, 0.6) is 0 Å². The van der Waals surface area contributed by atoms with Gasteiger partial charge in [-0.05, 0) is 51.3 Å². The number of likely N-dealkylation sites (tertiary alicyclic amines) is 1. The molecule has 1 N–H and O–H groups in total. The molecular formula is C17H23F2NO3. The quantitative estimate of drug-likeness (QED) is 0.907. The highest BCUT2D eigenvalue weighted by Gasteiger charge is 2.35. The lowest BCUT2D eigenvalue weighted by molar-refractivity contribution is -0.0315. The maximum absolute atomic E-state index is 13.3. The number of hydrogen-bond donors (Lipinski definition) is 1. The second-order valence-electron chi connectivity index (χ2n) is 7.12. The first-order chi connectivity index (χ1) is 10.6. The summed E-state index contributed by atoms with van der Waals surface area (Å²) in [6.45, 7) is 6.14. The highest BCUT2D eigenvalue weighted by atomic mass is 19.2. The standard InChI is InChI=1S/C17H23F2NO3/c1-16(2,3)23-15(21)20-8-6-17(22,7-9-20)11-12-4-5-13(18)14(19)10-12/h4-5,10,22H,6-9,11H2,1-3H3. The Morgan fingerprint density at radius 1 is 1.26 bits per heavy atom. The van der Waals surface area contributed by atoms with Gasteiger partial charge in [-0.25, -0.2) is 13.6 Å². The van der Waals surface area contributed by atoms with E-state index in [0.29, 0.717) is 31.5 Å². The van der Waals surface area contributed by atoms with E-state index in [0.717, 1.165) is 12.1 Å². The summed E-state index contributed by atoms with van der Waals surface area (Å²) in [7, 11) is 0. The third-order valence-electron chi connectivity index (χ3n) is 3.86. The number of amides is 1. The smallest absolute Gasteiger partial charge is 0.410 e. The second kappa shape index (κ2) is 6.43. The molecule has 1 fully saturated rings. The Bertz CT molecular complexity index is 576. The predicted octanol–water partition coefficient (Wildman–Crippen LogP) is 3.27. The first-order valence-electron chi connectivity index (χ1n) is 7.72. The fraction of sp³-hybridized carbons (Fsp3) is 0.588. The van der Waals surface area contributed by atoms with E-state index in [1.165, 1.54) is 6.07 Å². The van der Waals surface area contributed by atoms with Crippen LogP contribution in [0, 0.1) is 11.6 Å². The molecule has 0 spiro atoms. The predicted molar refractivity (Wildman–Crippen MR) is 82.1 cm³/mol. The molecule has 0 aromatic heterocycles. The van der Waals surface area contributed by atoms with Gasteiger partial charge < -0.3 is 14.7 Å². The minimum atomic E-state index is -1.03. The van der Waals surface area contributed by atoms with Crippen LogP contribution in [-0.4, -0.2) is 40.4 Å². The molecule has 1 aromatic carbocycles. The highest BCUT2D eigenvalue weighted by molar-refractivity contribution is 5.68. The van der Waals surface area contributed by atoms with Crippen LogP contribution in [0.4, 0.5) is 13.6 Å². The summed E-state index contributed by atoms with van der Waals surface area (Å²) < 4.78 is 31.5. The fourth-order valence-electron chi connectivity index (χ4n) is 2.64. The topological polar surface area (TPSA) is 49.8 Å². The van der Waals surface area contributed by atoms with Crippen molar-refractivity contribution in [3.05, 3.63) is 35.4 Å². The lowest BCUT2D eigenvalue weighted by Gasteiger charge is -2.38. The van der Waals surface area contributed by atoms with Crippen molar-refractivity contribution in [2.75, 3.05) is 13.1 Å². The minimum absolute atomic E-state index is 0.229. The third kappa shape index (κ3) is 4.89. The maximum Gasteiger partial charge on any atom is 0.410 e. The van der Waals surface area contributed by atoms with Gasteiger partial charge in [-0.3, -0.25) is 0 Å². The number of rotatable bonds is 2. The molecule has 1 saturated heterocycles. The molecule has 0 radical (unpaired) electrons. The van der Waals surface area contributed by atoms with Crippen molar-refractivity contribution >= 4 is 6.09 Å². The molecule has 23 heavy (non-hydrogen) atoms. The number of piperidine rings is 1. The summed E-state index contributed by atoms with van der Waals surface area (Å²) >= 11 is 0. The summed E-state index contributed by atoms with van der Waals surface area (Å²) in [6.07, 6.45) is 0.565. The van der Waals surface area contributed by atoms with Crippen LogP contribution in [0.15, 0.2) is 18.2 Å². The zero-order valence-electron chi connectivity index (χ0n) is 13.7. The number of ether oxygens (including phenoxy) is 1. The summed E-state index contributed by atoms with van der Waals surface area (Å²) in [5.74, 6) is -1.82. The molecule has 0 atom stereocenters. The zero-order valence-corrected chi connectivity index (χ0v) is 13.7. The van der Waals surface area contributed by atoms with E-state index in [2.05, 4.69) is 0 Å². The average molecular weight is 327 g/mol. The second-order valence-corrected chi connectivity index (χ2v) is 7.12. The molecule has 1 aliphatic heterocycles. The van der Waals surface area contributed by atoms with Gasteiger partial charge in [0.2, 0.25) is 0 Å². The van der Waals surface area contributed by atoms with Gasteiger partial charge in [0.15, 0.2) is 11.6 Å². The largest absolute Gasteiger partial charge is 0.444 e. The number of nitrogens with zero attached hydrogens (tertiary/aromatic N) is 1. The van der Waals surface area contributed by atoms with Gasteiger partial charge in [-0.1, -0.05) is 6.07 Å². The van der Waals surface area contributed by atoms with Crippen LogP contribution >= 0.6 is 0 Å². The molecule has 128 valence electrons. The van der Waals surface area contributed by atoms with Gasteiger partial charge in [0.1, 0.15) is 5.60 Å². The number of halogens is 2. The number of benzene rings is 1. The molecule has 2 rings (SSSR count). The molecule has 1 amide bonds. The van der Waals surface area contributed by atoms with Crippen LogP contribution in [0.3, 0.4) is 0 Å². The highest BCUT2D eigenvalue weighted by Crippen LogP contribution is 2.27. The van der Waals surface area contributed by atoms with Crippen LogP contribution in [-0.2, 0) is 11.2 Å². The van der Waals surface area contributed by atoms with E-state index in [4.69, 9.17) is 4.74 Å². The number of hydrogen-bond acceptors (Lipinski definition) is 3. The van der Waals surface area contributed by atoms with E-state index < -0.39 is 28.9 Å². The summed E-state index contributed by atoms with van der Waals surface area (Å²) in [5.41, 5.74) is -1.05. The van der Waals surface area contributed by atoms with Crippen molar-refractivity contribution in [1.82, 2.24) is 4.90 Å². The average Bonchev–Trinajstić information content (AvgIpc) is 2.41. The van der Waals surface area contributed by atoms with Crippen LogP contribution in [0.25, 0.3) is 0 Å². The molecule has 0 aliphatic carbocycles. The lowest BCUT2D eigenvalue weighted by Crippen LogP contribution is -2.49. The van der Waals surface area contributed by atoms with Gasteiger partial charge in [0, 0.05) is 19.5 Å². The van der Waals surface area contributed by atoms with Crippen molar-refractivity contribution < 1.29 is 23.4 Å². The summed E-state index contributed by atoms with van der Waals surface area (Å²) in [6, 6.07) is 3.63. The van der Waals surface area contributed by atoms with Crippen molar-refractivity contribution in [2.24, 2.45) is 0 Å². The molecule has 1 heterocycles. The first-order valence-corrected chi connectivity index (χ1v) is 7.72. The summed E-state index contributed by atoms with van der Waals surface area (Å²) in [5, 5.41) is 10.6. The van der Waals surface area contributed by atoms with E-state index in [1.54, 1.807) is 25.7 Å². The number of carbonyl (C=O) groups excluding carboxylic acids is 1. The molecule has 0 unspecified atom stereocenters. The molecule has 0 saturated carbocycles. The van der Waals surface area contributed by atoms with E-state index in [9.17, 15) is 18.7 Å². The van der Waals surface area contributed by atoms with Crippen LogP contribution in [0.1, 0.15) is 39.2 Å². The normalized spacial score (nSPS) is 17.9. The van der Waals surface area contributed by atoms with E-state index >= 15 is 0 Å². The number of aliphatic hydroxyl groups is 1.